The van der Waals surface area contributed by atoms with Gasteiger partial charge in [0, 0.05) is 56.9 Å². The monoisotopic (exact) mass is 479 g/mol. The van der Waals surface area contributed by atoms with E-state index in [1.807, 2.05) is 59.3 Å². The lowest BCUT2D eigenvalue weighted by atomic mass is 10.1. The van der Waals surface area contributed by atoms with Crippen LogP contribution in [-0.4, -0.2) is 75.3 Å². The van der Waals surface area contributed by atoms with Gasteiger partial charge in [0.25, 0.3) is 5.91 Å². The molecular weight excluding hydrogens is 450 g/mol. The Bertz CT molecular complexity index is 1210. The number of halogens is 1. The summed E-state index contributed by atoms with van der Waals surface area (Å²) in [6.45, 7) is 5.40. The van der Waals surface area contributed by atoms with Crippen molar-refractivity contribution in [3.63, 3.8) is 0 Å². The molecule has 2 amide bonds. The maximum atomic E-state index is 12.8. The number of imidazole rings is 1. The Morgan fingerprint density at radius 2 is 1.68 bits per heavy atom. The van der Waals surface area contributed by atoms with Gasteiger partial charge in [-0.1, -0.05) is 29.8 Å². The molecule has 2 aliphatic heterocycles. The second kappa shape index (κ2) is 9.76. The minimum absolute atomic E-state index is 0.101. The molecule has 0 aliphatic carbocycles. The van der Waals surface area contributed by atoms with Crippen molar-refractivity contribution in [2.24, 2.45) is 7.05 Å². The summed E-state index contributed by atoms with van der Waals surface area (Å²) in [4.78, 5) is 36.5. The van der Waals surface area contributed by atoms with Gasteiger partial charge in [-0.3, -0.25) is 14.5 Å². The number of fused-ring (bicyclic) bond motifs is 1. The number of likely N-dealkylation sites (tertiary alicyclic amines) is 1. The van der Waals surface area contributed by atoms with Crippen LogP contribution >= 0.6 is 11.6 Å². The first-order valence-electron chi connectivity index (χ1n) is 12.0. The molecule has 2 saturated heterocycles. The summed E-state index contributed by atoms with van der Waals surface area (Å²) in [6, 6.07) is 13.4. The van der Waals surface area contributed by atoms with Gasteiger partial charge in [-0.2, -0.15) is 0 Å². The average molecular weight is 480 g/mol. The quantitative estimate of drug-likeness (QED) is 0.563. The Balaban J connectivity index is 1.21. The van der Waals surface area contributed by atoms with Crippen molar-refractivity contribution in [1.82, 2.24) is 24.3 Å². The maximum Gasteiger partial charge on any atom is 0.253 e. The summed E-state index contributed by atoms with van der Waals surface area (Å²) in [6.07, 6.45) is 2.50. The SMILES string of the molecule is Cn1c(CN2CCN(C(=O)Cc3ccccc3Cl)CC2)nc2cc(C(=O)N3CCCC3)ccc21. The lowest BCUT2D eigenvalue weighted by Crippen LogP contribution is -2.48. The Morgan fingerprint density at radius 1 is 0.941 bits per heavy atom. The van der Waals surface area contributed by atoms with Gasteiger partial charge < -0.3 is 14.4 Å². The molecule has 0 spiro atoms. The van der Waals surface area contributed by atoms with Crippen molar-refractivity contribution in [2.45, 2.75) is 25.8 Å². The molecule has 2 fully saturated rings. The second-order valence-electron chi connectivity index (χ2n) is 9.21. The first-order chi connectivity index (χ1) is 16.5. The number of benzene rings is 2. The van der Waals surface area contributed by atoms with Crippen molar-refractivity contribution >= 4 is 34.4 Å². The van der Waals surface area contributed by atoms with Crippen LogP contribution in [0.25, 0.3) is 11.0 Å². The minimum atomic E-state index is 0.101. The smallest absolute Gasteiger partial charge is 0.253 e. The zero-order chi connectivity index (χ0) is 23.7. The van der Waals surface area contributed by atoms with Gasteiger partial charge in [0.1, 0.15) is 5.82 Å². The summed E-state index contributed by atoms with van der Waals surface area (Å²) in [5, 5.41) is 0.640. The number of carbonyl (C=O) groups excluding carboxylic acids is 2. The van der Waals surface area contributed by atoms with E-state index in [-0.39, 0.29) is 11.8 Å². The molecule has 0 atom stereocenters. The molecule has 178 valence electrons. The molecule has 3 aromatic rings. The fourth-order valence-corrected chi connectivity index (χ4v) is 5.10. The minimum Gasteiger partial charge on any atom is -0.340 e. The van der Waals surface area contributed by atoms with Crippen molar-refractivity contribution in [3.05, 3.63) is 64.4 Å². The van der Waals surface area contributed by atoms with Crippen LogP contribution in [0.3, 0.4) is 0 Å². The average Bonchev–Trinajstić information content (AvgIpc) is 3.49. The van der Waals surface area contributed by atoms with Crippen LogP contribution in [0.2, 0.25) is 5.02 Å². The molecular formula is C26H30ClN5O2. The van der Waals surface area contributed by atoms with Crippen molar-refractivity contribution < 1.29 is 9.59 Å². The highest BCUT2D eigenvalue weighted by atomic mass is 35.5. The van der Waals surface area contributed by atoms with E-state index in [1.54, 1.807) is 0 Å². The van der Waals surface area contributed by atoms with E-state index in [4.69, 9.17) is 16.6 Å². The highest BCUT2D eigenvalue weighted by Gasteiger charge is 2.24. The normalized spacial score (nSPS) is 17.0. The van der Waals surface area contributed by atoms with Crippen LogP contribution in [-0.2, 0) is 24.8 Å². The predicted molar refractivity (Wildman–Crippen MR) is 133 cm³/mol. The fourth-order valence-electron chi connectivity index (χ4n) is 4.90. The number of hydrogen-bond acceptors (Lipinski definition) is 4. The van der Waals surface area contributed by atoms with E-state index >= 15 is 0 Å². The van der Waals surface area contributed by atoms with E-state index in [1.165, 1.54) is 0 Å². The predicted octanol–water partition coefficient (Wildman–Crippen LogP) is 3.35. The topological polar surface area (TPSA) is 61.7 Å². The van der Waals surface area contributed by atoms with E-state index < -0.39 is 0 Å². The van der Waals surface area contributed by atoms with Crippen molar-refractivity contribution in [3.8, 4) is 0 Å². The van der Waals surface area contributed by atoms with Crippen LogP contribution in [0.1, 0.15) is 34.6 Å². The highest BCUT2D eigenvalue weighted by molar-refractivity contribution is 6.31. The number of rotatable bonds is 5. The molecule has 0 radical (unpaired) electrons. The Labute approximate surface area is 204 Å². The van der Waals surface area contributed by atoms with E-state index in [0.717, 1.165) is 61.4 Å². The zero-order valence-electron chi connectivity index (χ0n) is 19.5. The largest absolute Gasteiger partial charge is 0.340 e. The lowest BCUT2D eigenvalue weighted by molar-refractivity contribution is -0.132. The molecule has 3 heterocycles. The van der Waals surface area contributed by atoms with Crippen LogP contribution in [0.15, 0.2) is 42.5 Å². The molecule has 8 heteroatoms. The lowest BCUT2D eigenvalue weighted by Gasteiger charge is -2.34. The molecule has 0 saturated carbocycles. The van der Waals surface area contributed by atoms with Crippen LogP contribution in [0.4, 0.5) is 0 Å². The fraction of sp³-hybridized carbons (Fsp3) is 0.423. The highest BCUT2D eigenvalue weighted by Crippen LogP contribution is 2.21. The summed E-state index contributed by atoms with van der Waals surface area (Å²) in [5.41, 5.74) is 3.47. The second-order valence-corrected chi connectivity index (χ2v) is 9.62. The van der Waals surface area contributed by atoms with Gasteiger partial charge in [-0.05, 0) is 42.7 Å². The number of nitrogens with zero attached hydrogens (tertiary/aromatic N) is 5. The molecule has 0 N–H and O–H groups in total. The summed E-state index contributed by atoms with van der Waals surface area (Å²) in [7, 11) is 2.02. The summed E-state index contributed by atoms with van der Waals surface area (Å²) in [5.74, 6) is 1.19. The number of hydrogen-bond donors (Lipinski definition) is 0. The number of amides is 2. The van der Waals surface area contributed by atoms with Gasteiger partial charge in [-0.25, -0.2) is 4.98 Å². The summed E-state index contributed by atoms with van der Waals surface area (Å²) < 4.78 is 2.11. The van der Waals surface area contributed by atoms with E-state index in [2.05, 4.69) is 9.47 Å². The number of carbonyl (C=O) groups is 2. The molecule has 1 aromatic heterocycles. The first kappa shape index (κ1) is 22.9. The molecule has 0 unspecified atom stereocenters. The zero-order valence-corrected chi connectivity index (χ0v) is 20.3. The van der Waals surface area contributed by atoms with Crippen molar-refractivity contribution in [2.75, 3.05) is 39.3 Å². The molecule has 7 nitrogen and oxygen atoms in total. The summed E-state index contributed by atoms with van der Waals surface area (Å²) >= 11 is 6.22. The van der Waals surface area contributed by atoms with Crippen LogP contribution in [0, 0.1) is 0 Å². The van der Waals surface area contributed by atoms with Crippen molar-refractivity contribution in [1.29, 1.82) is 0 Å². The Hall–Kier alpha value is -2.90. The number of aromatic nitrogens is 2. The number of piperazine rings is 1. The molecule has 0 bridgehead atoms. The van der Waals surface area contributed by atoms with E-state index in [0.29, 0.717) is 36.6 Å². The third kappa shape index (κ3) is 4.68. The van der Waals surface area contributed by atoms with Gasteiger partial charge in [-0.15, -0.1) is 0 Å². The Morgan fingerprint density at radius 3 is 2.41 bits per heavy atom. The van der Waals surface area contributed by atoms with E-state index in [9.17, 15) is 9.59 Å². The number of aryl methyl sites for hydroxylation is 1. The van der Waals surface area contributed by atoms with Gasteiger partial charge in [0.05, 0.1) is 24.0 Å². The van der Waals surface area contributed by atoms with Gasteiger partial charge >= 0.3 is 0 Å². The van der Waals surface area contributed by atoms with Gasteiger partial charge in [0.2, 0.25) is 5.91 Å². The molecule has 34 heavy (non-hydrogen) atoms. The molecule has 2 aromatic carbocycles. The molecule has 5 rings (SSSR count). The molecule has 2 aliphatic rings. The third-order valence-corrected chi connectivity index (χ3v) is 7.37. The van der Waals surface area contributed by atoms with Crippen LogP contribution in [0.5, 0.6) is 0 Å². The first-order valence-corrected chi connectivity index (χ1v) is 12.4. The van der Waals surface area contributed by atoms with Gasteiger partial charge in [0.15, 0.2) is 0 Å². The van der Waals surface area contributed by atoms with Crippen LogP contribution < -0.4 is 0 Å². The maximum absolute atomic E-state index is 12.8. The third-order valence-electron chi connectivity index (χ3n) is 7.00. The Kier molecular flexibility index (Phi) is 6.57. The standard InChI is InChI=1S/C26H30ClN5O2/c1-29-23-9-8-20(26(34)32-10-4-5-11-32)16-22(23)28-24(29)18-30-12-14-31(15-13-30)25(33)17-19-6-2-3-7-21(19)27/h2-3,6-9,16H,4-5,10-15,17-18H2,1H3.